The number of hydrogen-bond donors (Lipinski definition) is 1. The normalized spacial score (nSPS) is 14.7. The number of carbonyl (C=O) groups is 1. The lowest BCUT2D eigenvalue weighted by Gasteiger charge is -2.17. The van der Waals surface area contributed by atoms with Gasteiger partial charge in [0.05, 0.1) is 5.69 Å². The van der Waals surface area contributed by atoms with Gasteiger partial charge in [-0.3, -0.25) is 4.90 Å². The number of nitrogens with one attached hydrogen (secondary N) is 1. The number of aryl methyl sites for hydroxylation is 1. The fourth-order valence-corrected chi connectivity index (χ4v) is 3.07. The number of carbonyl (C=O) groups excluding carboxylic acids is 1. The highest BCUT2D eigenvalue weighted by Crippen LogP contribution is 2.28. The van der Waals surface area contributed by atoms with Gasteiger partial charge in [-0.15, -0.1) is 0 Å². The molecule has 2 amide bonds. The molecular weight excluding hydrogens is 302 g/mol. The van der Waals surface area contributed by atoms with E-state index in [-0.39, 0.29) is 6.03 Å². The Kier molecular flexibility index (Phi) is 3.37. The lowest BCUT2D eigenvalue weighted by Crippen LogP contribution is -2.29. The average molecular weight is 321 g/mol. The number of fused-ring (bicyclic) bond motifs is 1. The molecule has 3 aromatic rings. The van der Waals surface area contributed by atoms with E-state index in [0.29, 0.717) is 0 Å². The SMILES string of the molecule is CN1CCN(c2cccc(Nc3ccnc4c3ccn4C)c2)C1=O. The van der Waals surface area contributed by atoms with E-state index in [1.165, 1.54) is 0 Å². The van der Waals surface area contributed by atoms with Crippen molar-refractivity contribution < 1.29 is 4.79 Å². The summed E-state index contributed by atoms with van der Waals surface area (Å²) in [5, 5.41) is 4.52. The first kappa shape index (κ1) is 14.6. The number of pyridine rings is 1. The molecule has 1 aliphatic rings. The van der Waals surface area contributed by atoms with Gasteiger partial charge in [0.1, 0.15) is 5.65 Å². The molecule has 0 saturated carbocycles. The third-order valence-electron chi connectivity index (χ3n) is 4.42. The molecule has 0 aliphatic carbocycles. The minimum atomic E-state index is 0.0431. The van der Waals surface area contributed by atoms with E-state index in [1.54, 1.807) is 16.0 Å². The van der Waals surface area contributed by atoms with Gasteiger partial charge in [-0.1, -0.05) is 6.07 Å². The van der Waals surface area contributed by atoms with E-state index in [2.05, 4.69) is 10.3 Å². The largest absolute Gasteiger partial charge is 0.355 e. The number of rotatable bonds is 3. The number of likely N-dealkylation sites (N-methyl/N-ethyl adjacent to an activating group) is 1. The summed E-state index contributed by atoms with van der Waals surface area (Å²) in [4.78, 5) is 20.1. The summed E-state index contributed by atoms with van der Waals surface area (Å²) in [6.45, 7) is 1.47. The van der Waals surface area contributed by atoms with Gasteiger partial charge in [0.2, 0.25) is 0 Å². The molecule has 4 rings (SSSR count). The number of hydrogen-bond acceptors (Lipinski definition) is 3. The Morgan fingerprint density at radius 3 is 2.79 bits per heavy atom. The van der Waals surface area contributed by atoms with Crippen molar-refractivity contribution in [3.05, 3.63) is 48.8 Å². The molecule has 24 heavy (non-hydrogen) atoms. The average Bonchev–Trinajstić information content (AvgIpc) is 3.13. The summed E-state index contributed by atoms with van der Waals surface area (Å²) >= 11 is 0. The number of nitrogens with zero attached hydrogens (tertiary/aromatic N) is 4. The Balaban J connectivity index is 1.65. The van der Waals surface area contributed by atoms with Crippen LogP contribution >= 0.6 is 0 Å². The summed E-state index contributed by atoms with van der Waals surface area (Å²) in [6.07, 6.45) is 3.80. The van der Waals surface area contributed by atoms with Crippen LogP contribution < -0.4 is 10.2 Å². The quantitative estimate of drug-likeness (QED) is 0.806. The molecule has 1 saturated heterocycles. The number of aromatic nitrogens is 2. The van der Waals surface area contributed by atoms with E-state index in [4.69, 9.17) is 0 Å². The van der Waals surface area contributed by atoms with Crippen molar-refractivity contribution in [2.75, 3.05) is 30.4 Å². The van der Waals surface area contributed by atoms with Gasteiger partial charge < -0.3 is 14.8 Å². The zero-order chi connectivity index (χ0) is 16.7. The van der Waals surface area contributed by atoms with Crippen molar-refractivity contribution in [2.24, 2.45) is 7.05 Å². The third kappa shape index (κ3) is 2.36. The zero-order valence-electron chi connectivity index (χ0n) is 13.7. The smallest absolute Gasteiger partial charge is 0.324 e. The molecule has 1 N–H and O–H groups in total. The molecular formula is C18H19N5O. The van der Waals surface area contributed by atoms with Gasteiger partial charge in [0, 0.05) is 56.3 Å². The van der Waals surface area contributed by atoms with Crippen LogP contribution in [0.5, 0.6) is 0 Å². The highest BCUT2D eigenvalue weighted by Gasteiger charge is 2.26. The summed E-state index contributed by atoms with van der Waals surface area (Å²) in [6, 6.07) is 12.0. The predicted molar refractivity (Wildman–Crippen MR) is 95.8 cm³/mol. The van der Waals surface area contributed by atoms with Crippen molar-refractivity contribution >= 4 is 34.1 Å². The Labute approximate surface area is 140 Å². The lowest BCUT2D eigenvalue weighted by molar-refractivity contribution is 0.229. The van der Waals surface area contributed by atoms with Crippen molar-refractivity contribution in [3.63, 3.8) is 0 Å². The second-order valence-corrected chi connectivity index (χ2v) is 6.05. The van der Waals surface area contributed by atoms with Crippen LogP contribution in [0.2, 0.25) is 0 Å². The van der Waals surface area contributed by atoms with Gasteiger partial charge in [-0.2, -0.15) is 0 Å². The van der Waals surface area contributed by atoms with Crippen LogP contribution in [0.3, 0.4) is 0 Å². The first-order valence-corrected chi connectivity index (χ1v) is 7.93. The molecule has 0 spiro atoms. The summed E-state index contributed by atoms with van der Waals surface area (Å²) in [5.41, 5.74) is 3.80. The maximum absolute atomic E-state index is 12.2. The fourth-order valence-electron chi connectivity index (χ4n) is 3.07. The Hall–Kier alpha value is -3.02. The van der Waals surface area contributed by atoms with Crippen LogP contribution in [0.4, 0.5) is 21.9 Å². The number of benzene rings is 1. The molecule has 3 heterocycles. The molecule has 122 valence electrons. The fraction of sp³-hybridized carbons (Fsp3) is 0.222. The van der Waals surface area contributed by atoms with Crippen LogP contribution in [0.1, 0.15) is 0 Å². The molecule has 1 aromatic carbocycles. The van der Waals surface area contributed by atoms with E-state index in [0.717, 1.165) is 41.2 Å². The highest BCUT2D eigenvalue weighted by molar-refractivity contribution is 5.95. The molecule has 0 atom stereocenters. The molecule has 0 radical (unpaired) electrons. The molecule has 6 nitrogen and oxygen atoms in total. The highest BCUT2D eigenvalue weighted by atomic mass is 16.2. The molecule has 6 heteroatoms. The van der Waals surface area contributed by atoms with Crippen LogP contribution in [-0.4, -0.2) is 40.6 Å². The van der Waals surface area contributed by atoms with Gasteiger partial charge in [0.15, 0.2) is 0 Å². The maximum atomic E-state index is 12.2. The second-order valence-electron chi connectivity index (χ2n) is 6.05. The van der Waals surface area contributed by atoms with Gasteiger partial charge >= 0.3 is 6.03 Å². The van der Waals surface area contributed by atoms with Crippen molar-refractivity contribution in [1.82, 2.24) is 14.5 Å². The van der Waals surface area contributed by atoms with Crippen LogP contribution in [0.15, 0.2) is 48.8 Å². The van der Waals surface area contributed by atoms with Gasteiger partial charge in [0.25, 0.3) is 0 Å². The van der Waals surface area contributed by atoms with Crippen molar-refractivity contribution in [1.29, 1.82) is 0 Å². The van der Waals surface area contributed by atoms with E-state index in [9.17, 15) is 4.79 Å². The number of amides is 2. The van der Waals surface area contributed by atoms with Crippen LogP contribution in [-0.2, 0) is 7.05 Å². The number of anilines is 3. The minimum Gasteiger partial charge on any atom is -0.355 e. The summed E-state index contributed by atoms with van der Waals surface area (Å²) in [5.74, 6) is 0. The summed E-state index contributed by atoms with van der Waals surface area (Å²) in [7, 11) is 3.81. The standard InChI is InChI=1S/C18H19N5O/c1-21-9-7-15-16(6-8-19-17(15)21)20-13-4-3-5-14(12-13)23-11-10-22(2)18(23)24/h3-9,12H,10-11H2,1-2H3,(H,19,20). The van der Waals surface area contributed by atoms with Gasteiger partial charge in [-0.05, 0) is 30.3 Å². The maximum Gasteiger partial charge on any atom is 0.324 e. The van der Waals surface area contributed by atoms with Crippen LogP contribution in [0.25, 0.3) is 11.0 Å². The predicted octanol–water partition coefficient (Wildman–Crippen LogP) is 3.19. The van der Waals surface area contributed by atoms with E-state index < -0.39 is 0 Å². The third-order valence-corrected chi connectivity index (χ3v) is 4.42. The van der Waals surface area contributed by atoms with Gasteiger partial charge in [-0.25, -0.2) is 9.78 Å². The molecule has 1 fully saturated rings. The molecule has 1 aliphatic heterocycles. The van der Waals surface area contributed by atoms with E-state index >= 15 is 0 Å². The topological polar surface area (TPSA) is 53.4 Å². The molecule has 0 bridgehead atoms. The molecule has 0 unspecified atom stereocenters. The lowest BCUT2D eigenvalue weighted by atomic mass is 10.2. The first-order chi connectivity index (χ1) is 11.6. The molecule has 2 aromatic heterocycles. The monoisotopic (exact) mass is 321 g/mol. The number of urea groups is 1. The van der Waals surface area contributed by atoms with Crippen molar-refractivity contribution in [2.45, 2.75) is 0 Å². The van der Waals surface area contributed by atoms with E-state index in [1.807, 2.05) is 61.3 Å². The zero-order valence-corrected chi connectivity index (χ0v) is 13.7. The Bertz CT molecular complexity index is 917. The second kappa shape index (κ2) is 5.56. The van der Waals surface area contributed by atoms with Crippen molar-refractivity contribution in [3.8, 4) is 0 Å². The Morgan fingerprint density at radius 1 is 1.12 bits per heavy atom. The van der Waals surface area contributed by atoms with Crippen LogP contribution in [0, 0.1) is 0 Å². The first-order valence-electron chi connectivity index (χ1n) is 7.93. The summed E-state index contributed by atoms with van der Waals surface area (Å²) < 4.78 is 2.00. The minimum absolute atomic E-state index is 0.0431. The Morgan fingerprint density at radius 2 is 2.00 bits per heavy atom.